The number of benzene rings is 1. The van der Waals surface area contributed by atoms with Gasteiger partial charge >= 0.3 is 0 Å². The van der Waals surface area contributed by atoms with Gasteiger partial charge in [-0.25, -0.2) is 0 Å². The molecule has 1 N–H and O–H groups in total. The normalized spacial score (nSPS) is 21.9. The molecule has 1 aliphatic heterocycles. The maximum absolute atomic E-state index is 9.87. The van der Waals surface area contributed by atoms with E-state index < -0.39 is 0 Å². The highest BCUT2D eigenvalue weighted by Crippen LogP contribution is 2.30. The van der Waals surface area contributed by atoms with E-state index in [9.17, 15) is 5.11 Å². The van der Waals surface area contributed by atoms with E-state index in [1.807, 2.05) is 32.0 Å². The van der Waals surface area contributed by atoms with Crippen molar-refractivity contribution in [2.75, 3.05) is 0 Å². The molecule has 2 atom stereocenters. The van der Waals surface area contributed by atoms with Gasteiger partial charge in [-0.15, -0.1) is 0 Å². The van der Waals surface area contributed by atoms with Crippen LogP contribution < -0.4 is 4.74 Å². The van der Waals surface area contributed by atoms with Crippen LogP contribution in [0.4, 0.5) is 0 Å². The summed E-state index contributed by atoms with van der Waals surface area (Å²) in [5.41, 5.74) is 1.21. The minimum absolute atomic E-state index is 0.0626. The van der Waals surface area contributed by atoms with E-state index in [1.54, 1.807) is 0 Å². The Morgan fingerprint density at radius 1 is 1.36 bits per heavy atom. The molecular formula is C12H16O2. The van der Waals surface area contributed by atoms with Gasteiger partial charge in [0.15, 0.2) is 0 Å². The number of aliphatic hydroxyl groups excluding tert-OH is 1. The minimum Gasteiger partial charge on any atom is -0.487 e. The van der Waals surface area contributed by atoms with Crippen LogP contribution >= 0.6 is 0 Å². The van der Waals surface area contributed by atoms with Crippen LogP contribution in [0.2, 0.25) is 0 Å². The van der Waals surface area contributed by atoms with E-state index >= 15 is 0 Å². The number of hydrogen-bond acceptors (Lipinski definition) is 2. The fourth-order valence-corrected chi connectivity index (χ4v) is 1.83. The molecule has 0 spiro atoms. The Labute approximate surface area is 84.5 Å². The zero-order valence-electron chi connectivity index (χ0n) is 8.60. The van der Waals surface area contributed by atoms with Gasteiger partial charge in [-0.2, -0.15) is 0 Å². The fourth-order valence-electron chi connectivity index (χ4n) is 1.83. The van der Waals surface area contributed by atoms with Crippen LogP contribution in [-0.4, -0.2) is 17.3 Å². The van der Waals surface area contributed by atoms with Crippen LogP contribution in [0.15, 0.2) is 24.3 Å². The van der Waals surface area contributed by atoms with Crippen molar-refractivity contribution in [1.82, 2.24) is 0 Å². The lowest BCUT2D eigenvalue weighted by atomic mass is 9.98. The second-order valence-corrected chi connectivity index (χ2v) is 4.20. The Bertz CT molecular complexity index is 295. The first-order valence-corrected chi connectivity index (χ1v) is 5.11. The topological polar surface area (TPSA) is 29.5 Å². The standard InChI is InChI=1S/C12H16O2/c1-8(2)12(13)11-7-9-5-3-4-6-10(9)14-11/h3-6,8,11-13H,7H2,1-2H3. The molecule has 0 fully saturated rings. The molecule has 1 heterocycles. The molecule has 1 aromatic carbocycles. The first kappa shape index (κ1) is 9.53. The molecule has 0 radical (unpaired) electrons. The minimum atomic E-state index is -0.373. The Balaban J connectivity index is 2.12. The Hall–Kier alpha value is -1.02. The zero-order valence-corrected chi connectivity index (χ0v) is 8.60. The highest BCUT2D eigenvalue weighted by Gasteiger charge is 2.30. The lowest BCUT2D eigenvalue weighted by Crippen LogP contribution is -2.34. The third-order valence-electron chi connectivity index (χ3n) is 2.74. The van der Waals surface area contributed by atoms with E-state index in [1.165, 1.54) is 5.56 Å². The predicted octanol–water partition coefficient (Wildman–Crippen LogP) is 2.01. The maximum Gasteiger partial charge on any atom is 0.129 e. The van der Waals surface area contributed by atoms with Crippen molar-refractivity contribution >= 4 is 0 Å². The van der Waals surface area contributed by atoms with Gasteiger partial charge < -0.3 is 9.84 Å². The molecule has 76 valence electrons. The molecule has 2 rings (SSSR count). The summed E-state index contributed by atoms with van der Waals surface area (Å²) in [5, 5.41) is 9.87. The third kappa shape index (κ3) is 1.62. The Morgan fingerprint density at radius 3 is 2.71 bits per heavy atom. The first-order valence-electron chi connectivity index (χ1n) is 5.11. The second-order valence-electron chi connectivity index (χ2n) is 4.20. The summed E-state index contributed by atoms with van der Waals surface area (Å²) >= 11 is 0. The molecule has 0 saturated heterocycles. The van der Waals surface area contributed by atoms with Crippen LogP contribution in [-0.2, 0) is 6.42 Å². The van der Waals surface area contributed by atoms with Gasteiger partial charge in [-0.05, 0) is 17.5 Å². The monoisotopic (exact) mass is 192 g/mol. The maximum atomic E-state index is 9.87. The molecule has 2 nitrogen and oxygen atoms in total. The number of rotatable bonds is 2. The van der Waals surface area contributed by atoms with Crippen molar-refractivity contribution < 1.29 is 9.84 Å². The summed E-state index contributed by atoms with van der Waals surface area (Å²) < 4.78 is 5.68. The molecule has 14 heavy (non-hydrogen) atoms. The Kier molecular flexibility index (Phi) is 2.46. The molecule has 0 aromatic heterocycles. The van der Waals surface area contributed by atoms with E-state index in [2.05, 4.69) is 6.07 Å². The smallest absolute Gasteiger partial charge is 0.129 e. The van der Waals surface area contributed by atoms with Gasteiger partial charge in [0, 0.05) is 6.42 Å². The number of para-hydroxylation sites is 1. The predicted molar refractivity (Wildman–Crippen MR) is 55.4 cm³/mol. The Morgan fingerprint density at radius 2 is 2.07 bits per heavy atom. The molecule has 0 bridgehead atoms. The van der Waals surface area contributed by atoms with Crippen LogP contribution in [0, 0.1) is 5.92 Å². The van der Waals surface area contributed by atoms with Gasteiger partial charge in [-0.3, -0.25) is 0 Å². The lowest BCUT2D eigenvalue weighted by Gasteiger charge is -2.21. The van der Waals surface area contributed by atoms with Gasteiger partial charge in [0.25, 0.3) is 0 Å². The van der Waals surface area contributed by atoms with Crippen molar-refractivity contribution in [3.63, 3.8) is 0 Å². The molecule has 1 aliphatic rings. The highest BCUT2D eigenvalue weighted by molar-refractivity contribution is 5.37. The summed E-state index contributed by atoms with van der Waals surface area (Å²) in [6, 6.07) is 7.99. The van der Waals surface area contributed by atoms with Crippen molar-refractivity contribution in [3.05, 3.63) is 29.8 Å². The summed E-state index contributed by atoms with van der Waals surface area (Å²) in [7, 11) is 0. The third-order valence-corrected chi connectivity index (χ3v) is 2.74. The molecule has 2 heteroatoms. The van der Waals surface area contributed by atoms with E-state index in [0.29, 0.717) is 0 Å². The van der Waals surface area contributed by atoms with Crippen LogP contribution in [0.25, 0.3) is 0 Å². The fraction of sp³-hybridized carbons (Fsp3) is 0.500. The van der Waals surface area contributed by atoms with Crippen LogP contribution in [0.1, 0.15) is 19.4 Å². The number of hydrogen-bond donors (Lipinski definition) is 1. The quantitative estimate of drug-likeness (QED) is 0.776. The number of ether oxygens (including phenoxy) is 1. The van der Waals surface area contributed by atoms with Crippen molar-refractivity contribution in [2.45, 2.75) is 32.5 Å². The summed E-state index contributed by atoms with van der Waals surface area (Å²) in [4.78, 5) is 0. The average molecular weight is 192 g/mol. The van der Waals surface area contributed by atoms with E-state index in [-0.39, 0.29) is 18.1 Å². The molecule has 0 amide bonds. The summed E-state index contributed by atoms with van der Waals surface area (Å²) in [5.74, 6) is 1.17. The lowest BCUT2D eigenvalue weighted by molar-refractivity contribution is 0.0185. The van der Waals surface area contributed by atoms with Crippen LogP contribution in [0.5, 0.6) is 5.75 Å². The highest BCUT2D eigenvalue weighted by atomic mass is 16.5. The van der Waals surface area contributed by atoms with Gasteiger partial charge in [0.05, 0.1) is 6.10 Å². The van der Waals surface area contributed by atoms with Crippen molar-refractivity contribution in [3.8, 4) is 5.75 Å². The molecule has 2 unspecified atom stereocenters. The number of fused-ring (bicyclic) bond motifs is 1. The molecular weight excluding hydrogens is 176 g/mol. The van der Waals surface area contributed by atoms with Crippen molar-refractivity contribution in [2.24, 2.45) is 5.92 Å². The second kappa shape index (κ2) is 3.62. The van der Waals surface area contributed by atoms with E-state index in [4.69, 9.17) is 4.74 Å². The average Bonchev–Trinajstić information content (AvgIpc) is 2.59. The molecule has 0 saturated carbocycles. The summed E-state index contributed by atoms with van der Waals surface area (Å²) in [6.07, 6.45) is 0.394. The largest absolute Gasteiger partial charge is 0.487 e. The molecule has 0 aliphatic carbocycles. The zero-order chi connectivity index (χ0) is 10.1. The first-order chi connectivity index (χ1) is 6.68. The molecule has 1 aromatic rings. The van der Waals surface area contributed by atoms with Gasteiger partial charge in [0.1, 0.15) is 11.9 Å². The van der Waals surface area contributed by atoms with Gasteiger partial charge in [0.2, 0.25) is 0 Å². The van der Waals surface area contributed by atoms with Crippen molar-refractivity contribution in [1.29, 1.82) is 0 Å². The van der Waals surface area contributed by atoms with Crippen LogP contribution in [0.3, 0.4) is 0 Å². The number of aliphatic hydroxyl groups is 1. The van der Waals surface area contributed by atoms with E-state index in [0.717, 1.165) is 12.2 Å². The van der Waals surface area contributed by atoms with Gasteiger partial charge in [-0.1, -0.05) is 32.0 Å². The SMILES string of the molecule is CC(C)C(O)C1Cc2ccccc2O1. The summed E-state index contributed by atoms with van der Waals surface area (Å²) in [6.45, 7) is 4.02.